The van der Waals surface area contributed by atoms with Crippen molar-refractivity contribution in [3.63, 3.8) is 0 Å². The molecule has 1 amide bonds. The maximum absolute atomic E-state index is 13.2. The number of aliphatic hydroxyl groups excluding tert-OH is 11. The van der Waals surface area contributed by atoms with Gasteiger partial charge in [0.15, 0.2) is 18.9 Å². The molecule has 17 atom stereocenters. The molecule has 3 heterocycles. The topological polar surface area (TPSA) is 307 Å². The molecule has 12 N–H and O–H groups in total. The van der Waals surface area contributed by atoms with E-state index in [-0.39, 0.29) is 18.9 Å². The fraction of sp³-hybridized carbons (Fsp3) is 0.980. The van der Waals surface area contributed by atoms with Crippen LogP contribution in [0, 0.1) is 0 Å². The molecular weight excluding hydrogens is 891 g/mol. The van der Waals surface area contributed by atoms with Gasteiger partial charge in [0.1, 0.15) is 73.2 Å². The Morgan fingerprint density at radius 2 is 0.838 bits per heavy atom. The highest BCUT2D eigenvalue weighted by Gasteiger charge is 2.53. The van der Waals surface area contributed by atoms with E-state index in [0.717, 1.165) is 44.9 Å². The second-order valence-electron chi connectivity index (χ2n) is 19.4. The SMILES string of the molecule is CCCCCCCCCCCCCCC(O)C(COC1OC(CO)C(OC2OC(CO)C(OC3OC(CO)C(O)C(O)C3O)C(O)C2O)C(O)C1O)NC(=O)CCCCCCCCCCCCC. The van der Waals surface area contributed by atoms with E-state index in [2.05, 4.69) is 19.2 Å². The quantitative estimate of drug-likeness (QED) is 0.0397. The van der Waals surface area contributed by atoms with Crippen molar-refractivity contribution in [1.29, 1.82) is 0 Å². The molecule has 0 saturated carbocycles. The molecule has 68 heavy (non-hydrogen) atoms. The Labute approximate surface area is 404 Å². The van der Waals surface area contributed by atoms with E-state index in [0.29, 0.717) is 12.8 Å². The predicted octanol–water partition coefficient (Wildman–Crippen LogP) is 2.09. The summed E-state index contributed by atoms with van der Waals surface area (Å²) in [4.78, 5) is 13.2. The normalized spacial score (nSPS) is 33.1. The summed E-state index contributed by atoms with van der Waals surface area (Å²) in [6.45, 7) is 1.74. The average Bonchev–Trinajstić information content (AvgIpc) is 3.33. The summed E-state index contributed by atoms with van der Waals surface area (Å²) in [5.74, 6) is -0.245. The lowest BCUT2D eigenvalue weighted by Crippen LogP contribution is -2.66. The molecule has 0 radical (unpaired) electrons. The van der Waals surface area contributed by atoms with Crippen LogP contribution in [0.5, 0.6) is 0 Å². The summed E-state index contributed by atoms with van der Waals surface area (Å²) in [6.07, 6.45) is 0.702. The van der Waals surface area contributed by atoms with Crippen molar-refractivity contribution in [2.24, 2.45) is 0 Å². The number of hydrogen-bond donors (Lipinski definition) is 12. The summed E-state index contributed by atoms with van der Waals surface area (Å²) >= 11 is 0. The standard InChI is InChI=1S/C49H93NO18/c1-3-5-7-9-11-13-15-17-18-20-22-24-26-33(54)32(50-37(55)27-25-23-21-19-16-14-12-10-8-6-4-2)31-63-47-43(61)40(58)45(35(29-52)65-47)68-49-44(62)41(59)46(36(30-53)66-49)67-48-42(60)39(57)38(56)34(28-51)64-48/h32-36,38-49,51-54,56-62H,3-31H2,1-2H3,(H,50,55). The first-order valence-corrected chi connectivity index (χ1v) is 26.3. The van der Waals surface area contributed by atoms with E-state index in [9.17, 15) is 61.0 Å². The number of carbonyl (C=O) groups is 1. The lowest BCUT2D eigenvalue weighted by Gasteiger charge is -2.48. The highest BCUT2D eigenvalue weighted by Crippen LogP contribution is 2.33. The molecule has 3 rings (SSSR count). The number of hydrogen-bond acceptors (Lipinski definition) is 18. The van der Waals surface area contributed by atoms with E-state index in [1.807, 2.05) is 0 Å². The van der Waals surface area contributed by atoms with Crippen LogP contribution in [0.3, 0.4) is 0 Å². The van der Waals surface area contributed by atoms with Gasteiger partial charge in [0.25, 0.3) is 0 Å². The van der Waals surface area contributed by atoms with Crippen molar-refractivity contribution in [3.05, 3.63) is 0 Å². The second-order valence-corrected chi connectivity index (χ2v) is 19.4. The van der Waals surface area contributed by atoms with Gasteiger partial charge in [0.05, 0.1) is 38.6 Å². The molecular formula is C49H93NO18. The van der Waals surface area contributed by atoms with Crippen LogP contribution in [0.4, 0.5) is 0 Å². The van der Waals surface area contributed by atoms with Crippen molar-refractivity contribution in [1.82, 2.24) is 5.32 Å². The van der Waals surface area contributed by atoms with Crippen LogP contribution in [0.25, 0.3) is 0 Å². The molecule has 0 aromatic carbocycles. The first kappa shape index (κ1) is 61.1. The largest absolute Gasteiger partial charge is 0.394 e. The van der Waals surface area contributed by atoms with Gasteiger partial charge in [0.2, 0.25) is 5.91 Å². The van der Waals surface area contributed by atoms with Gasteiger partial charge in [-0.05, 0) is 12.8 Å². The van der Waals surface area contributed by atoms with Crippen molar-refractivity contribution >= 4 is 5.91 Å². The molecule has 0 bridgehead atoms. The molecule has 0 aliphatic carbocycles. The van der Waals surface area contributed by atoms with Crippen LogP contribution < -0.4 is 5.32 Å². The van der Waals surface area contributed by atoms with E-state index < -0.39 is 124 Å². The average molecular weight is 984 g/mol. The van der Waals surface area contributed by atoms with Crippen LogP contribution in [0.15, 0.2) is 0 Å². The van der Waals surface area contributed by atoms with Gasteiger partial charge in [-0.2, -0.15) is 0 Å². The Bertz CT molecular complexity index is 1270. The third-order valence-corrected chi connectivity index (χ3v) is 13.7. The van der Waals surface area contributed by atoms with E-state index >= 15 is 0 Å². The van der Waals surface area contributed by atoms with E-state index in [1.165, 1.54) is 96.3 Å². The number of aliphatic hydroxyl groups is 11. The first-order chi connectivity index (χ1) is 32.8. The minimum atomic E-state index is -1.97. The number of amides is 1. The van der Waals surface area contributed by atoms with E-state index in [4.69, 9.17) is 28.4 Å². The number of carbonyl (C=O) groups excluding carboxylic acids is 1. The summed E-state index contributed by atoms with van der Waals surface area (Å²) in [5, 5.41) is 120. The maximum Gasteiger partial charge on any atom is 0.220 e. The van der Waals surface area contributed by atoms with Gasteiger partial charge in [0, 0.05) is 6.42 Å². The van der Waals surface area contributed by atoms with Gasteiger partial charge in [-0.25, -0.2) is 0 Å². The van der Waals surface area contributed by atoms with Gasteiger partial charge in [-0.15, -0.1) is 0 Å². The Morgan fingerprint density at radius 3 is 1.28 bits per heavy atom. The van der Waals surface area contributed by atoms with Crippen molar-refractivity contribution < 1.29 is 89.4 Å². The molecule has 3 aliphatic rings. The summed E-state index contributed by atoms with van der Waals surface area (Å²) in [6, 6.07) is -0.877. The first-order valence-electron chi connectivity index (χ1n) is 26.3. The Balaban J connectivity index is 1.55. The van der Waals surface area contributed by atoms with Crippen molar-refractivity contribution in [3.8, 4) is 0 Å². The molecule has 3 aliphatic heterocycles. The molecule has 17 unspecified atom stereocenters. The van der Waals surface area contributed by atoms with Gasteiger partial charge >= 0.3 is 0 Å². The predicted molar refractivity (Wildman–Crippen MR) is 250 cm³/mol. The van der Waals surface area contributed by atoms with Crippen LogP contribution in [0.2, 0.25) is 0 Å². The molecule has 3 fully saturated rings. The van der Waals surface area contributed by atoms with Crippen LogP contribution in [-0.2, 0) is 33.2 Å². The number of rotatable bonds is 37. The van der Waals surface area contributed by atoms with Gasteiger partial charge in [-0.1, -0.05) is 155 Å². The van der Waals surface area contributed by atoms with Gasteiger partial charge in [-0.3, -0.25) is 4.79 Å². The van der Waals surface area contributed by atoms with Crippen molar-refractivity contribution in [2.75, 3.05) is 26.4 Å². The second kappa shape index (κ2) is 35.0. The zero-order chi connectivity index (χ0) is 49.8. The third-order valence-electron chi connectivity index (χ3n) is 13.7. The zero-order valence-electron chi connectivity index (χ0n) is 41.1. The smallest absolute Gasteiger partial charge is 0.220 e. The van der Waals surface area contributed by atoms with Gasteiger partial charge < -0.3 is 89.9 Å². The molecule has 19 heteroatoms. The van der Waals surface area contributed by atoms with Crippen LogP contribution >= 0.6 is 0 Å². The fourth-order valence-corrected chi connectivity index (χ4v) is 9.25. The maximum atomic E-state index is 13.2. The summed E-state index contributed by atoms with van der Waals surface area (Å²) in [5.41, 5.74) is 0. The van der Waals surface area contributed by atoms with Crippen LogP contribution in [-0.4, -0.2) is 193 Å². The Hall–Kier alpha value is -1.21. The highest BCUT2D eigenvalue weighted by atomic mass is 16.8. The fourth-order valence-electron chi connectivity index (χ4n) is 9.25. The lowest BCUT2D eigenvalue weighted by atomic mass is 9.96. The lowest BCUT2D eigenvalue weighted by molar-refractivity contribution is -0.379. The molecule has 0 aromatic heterocycles. The molecule has 3 saturated heterocycles. The molecule has 19 nitrogen and oxygen atoms in total. The summed E-state index contributed by atoms with van der Waals surface area (Å²) in [7, 11) is 0. The monoisotopic (exact) mass is 984 g/mol. The minimum absolute atomic E-state index is 0.245. The highest BCUT2D eigenvalue weighted by molar-refractivity contribution is 5.76. The zero-order valence-corrected chi connectivity index (χ0v) is 41.1. The summed E-state index contributed by atoms with van der Waals surface area (Å²) < 4.78 is 34.2. The minimum Gasteiger partial charge on any atom is -0.394 e. The number of nitrogens with one attached hydrogen (secondary N) is 1. The Kier molecular flexibility index (Phi) is 31.5. The molecule has 0 spiro atoms. The Morgan fingerprint density at radius 1 is 0.471 bits per heavy atom. The van der Waals surface area contributed by atoms with E-state index in [1.54, 1.807) is 0 Å². The number of unbranched alkanes of at least 4 members (excludes halogenated alkanes) is 21. The molecule has 402 valence electrons. The third kappa shape index (κ3) is 20.7. The molecule has 0 aromatic rings. The number of ether oxygens (including phenoxy) is 6. The van der Waals surface area contributed by atoms with Crippen molar-refractivity contribution in [2.45, 2.75) is 279 Å². The van der Waals surface area contributed by atoms with Crippen LogP contribution in [0.1, 0.15) is 174 Å².